The van der Waals surface area contributed by atoms with Crippen molar-refractivity contribution in [1.82, 2.24) is 10.6 Å². The van der Waals surface area contributed by atoms with Gasteiger partial charge in [-0.05, 0) is 13.3 Å². The van der Waals surface area contributed by atoms with Gasteiger partial charge in [-0.15, -0.1) is 0 Å². The molecular weight excluding hydrogens is 248 g/mol. The maximum Gasteiger partial charge on any atom is 0.314 e. The molecule has 0 saturated carbocycles. The topological polar surface area (TPSA) is 41.1 Å². The first kappa shape index (κ1) is 19.3. The fourth-order valence-electron chi connectivity index (χ4n) is 2.39. The van der Waals surface area contributed by atoms with Crippen molar-refractivity contribution >= 4 is 6.03 Å². The van der Waals surface area contributed by atoms with E-state index in [0.29, 0.717) is 6.54 Å². The highest BCUT2D eigenvalue weighted by molar-refractivity contribution is 5.73. The zero-order valence-corrected chi connectivity index (χ0v) is 13.8. The second kappa shape index (κ2) is 16.3. The molecule has 0 heterocycles. The van der Waals surface area contributed by atoms with Crippen LogP contribution in [0.25, 0.3) is 0 Å². The average Bonchev–Trinajstić information content (AvgIpc) is 2.44. The van der Waals surface area contributed by atoms with Crippen LogP contribution in [0, 0.1) is 0 Å². The molecular formula is C17H36N2O. The van der Waals surface area contributed by atoms with Gasteiger partial charge >= 0.3 is 6.03 Å². The van der Waals surface area contributed by atoms with Crippen LogP contribution in [-0.2, 0) is 0 Å². The Labute approximate surface area is 126 Å². The molecule has 0 aromatic rings. The van der Waals surface area contributed by atoms with Crippen LogP contribution < -0.4 is 10.6 Å². The number of nitrogens with one attached hydrogen (secondary N) is 2. The normalized spacial score (nSPS) is 10.5. The second-order valence-electron chi connectivity index (χ2n) is 5.68. The predicted octanol–water partition coefficient (Wildman–Crippen LogP) is 5.01. The lowest BCUT2D eigenvalue weighted by Gasteiger charge is -2.05. The van der Waals surface area contributed by atoms with Gasteiger partial charge in [0.25, 0.3) is 0 Å². The summed E-state index contributed by atoms with van der Waals surface area (Å²) in [6.45, 7) is 5.71. The zero-order valence-electron chi connectivity index (χ0n) is 13.8. The van der Waals surface area contributed by atoms with Gasteiger partial charge in [-0.25, -0.2) is 4.79 Å². The molecule has 0 aliphatic carbocycles. The van der Waals surface area contributed by atoms with E-state index in [9.17, 15) is 4.79 Å². The van der Waals surface area contributed by atoms with Crippen LogP contribution in [0.2, 0.25) is 0 Å². The van der Waals surface area contributed by atoms with Gasteiger partial charge in [0.2, 0.25) is 0 Å². The Kier molecular flexibility index (Phi) is 15.7. The van der Waals surface area contributed by atoms with E-state index >= 15 is 0 Å². The van der Waals surface area contributed by atoms with Gasteiger partial charge < -0.3 is 10.6 Å². The highest BCUT2D eigenvalue weighted by atomic mass is 16.2. The van der Waals surface area contributed by atoms with Crippen LogP contribution in [0.15, 0.2) is 0 Å². The van der Waals surface area contributed by atoms with Crippen molar-refractivity contribution in [2.24, 2.45) is 0 Å². The van der Waals surface area contributed by atoms with Crippen molar-refractivity contribution < 1.29 is 4.79 Å². The van der Waals surface area contributed by atoms with Crippen LogP contribution in [-0.4, -0.2) is 19.1 Å². The van der Waals surface area contributed by atoms with Crippen molar-refractivity contribution in [1.29, 1.82) is 0 Å². The smallest absolute Gasteiger partial charge is 0.314 e. The first-order valence-corrected chi connectivity index (χ1v) is 8.83. The third-order valence-corrected chi connectivity index (χ3v) is 3.65. The third-order valence-electron chi connectivity index (χ3n) is 3.65. The molecule has 0 unspecified atom stereocenters. The number of carbonyl (C=O) groups is 1. The van der Waals surface area contributed by atoms with Gasteiger partial charge in [-0.1, -0.05) is 77.6 Å². The highest BCUT2D eigenvalue weighted by Gasteiger charge is 1.96. The molecule has 0 aliphatic heterocycles. The molecule has 0 spiro atoms. The highest BCUT2D eigenvalue weighted by Crippen LogP contribution is 2.11. The van der Waals surface area contributed by atoms with Crippen LogP contribution in [0.3, 0.4) is 0 Å². The second-order valence-corrected chi connectivity index (χ2v) is 5.68. The molecule has 0 aromatic carbocycles. The Morgan fingerprint density at radius 1 is 0.650 bits per heavy atom. The Morgan fingerprint density at radius 2 is 1.10 bits per heavy atom. The first-order valence-electron chi connectivity index (χ1n) is 8.83. The Hall–Kier alpha value is -0.730. The maximum atomic E-state index is 11.1. The van der Waals surface area contributed by atoms with Gasteiger partial charge in [-0.3, -0.25) is 0 Å². The number of carbonyl (C=O) groups excluding carboxylic acids is 1. The Balaban J connectivity index is 3.01. The van der Waals surface area contributed by atoms with E-state index in [1.165, 1.54) is 70.6 Å². The van der Waals surface area contributed by atoms with Gasteiger partial charge in [0.15, 0.2) is 0 Å². The molecule has 0 radical (unpaired) electrons. The van der Waals surface area contributed by atoms with E-state index in [0.717, 1.165) is 13.0 Å². The molecule has 0 rings (SSSR count). The van der Waals surface area contributed by atoms with Crippen LogP contribution in [0.4, 0.5) is 4.79 Å². The monoisotopic (exact) mass is 284 g/mol. The van der Waals surface area contributed by atoms with Crippen molar-refractivity contribution in [2.45, 2.75) is 90.9 Å². The first-order chi connectivity index (χ1) is 9.81. The zero-order chi connectivity index (χ0) is 14.9. The summed E-state index contributed by atoms with van der Waals surface area (Å²) in [4.78, 5) is 11.1. The number of rotatable bonds is 14. The quantitative estimate of drug-likeness (QED) is 0.433. The number of hydrogen-bond donors (Lipinski definition) is 2. The molecule has 0 aliphatic rings. The van der Waals surface area contributed by atoms with E-state index in [2.05, 4.69) is 17.6 Å². The lowest BCUT2D eigenvalue weighted by atomic mass is 10.1. The molecule has 120 valence electrons. The molecule has 0 atom stereocenters. The minimum atomic E-state index is -0.0319. The van der Waals surface area contributed by atoms with Gasteiger partial charge in [0, 0.05) is 13.1 Å². The SMILES string of the molecule is CCCCCCCCCCCCCCNC(=O)NCC. The predicted molar refractivity (Wildman–Crippen MR) is 88.2 cm³/mol. The van der Waals surface area contributed by atoms with Gasteiger partial charge in [-0.2, -0.15) is 0 Å². The molecule has 3 heteroatoms. The number of urea groups is 1. The third kappa shape index (κ3) is 15.3. The van der Waals surface area contributed by atoms with Crippen molar-refractivity contribution in [2.75, 3.05) is 13.1 Å². The Bertz CT molecular complexity index is 207. The van der Waals surface area contributed by atoms with Crippen molar-refractivity contribution in [3.63, 3.8) is 0 Å². The maximum absolute atomic E-state index is 11.1. The molecule has 0 saturated heterocycles. The van der Waals surface area contributed by atoms with Crippen LogP contribution in [0.1, 0.15) is 90.9 Å². The summed E-state index contributed by atoms with van der Waals surface area (Å²) in [5.41, 5.74) is 0. The van der Waals surface area contributed by atoms with E-state index in [1.807, 2.05) is 6.92 Å². The van der Waals surface area contributed by atoms with Crippen molar-refractivity contribution in [3.05, 3.63) is 0 Å². The average molecular weight is 284 g/mol. The van der Waals surface area contributed by atoms with Gasteiger partial charge in [0.05, 0.1) is 0 Å². The molecule has 2 amide bonds. The van der Waals surface area contributed by atoms with E-state index in [1.54, 1.807) is 0 Å². The molecule has 0 fully saturated rings. The summed E-state index contributed by atoms with van der Waals surface area (Å²) < 4.78 is 0. The van der Waals surface area contributed by atoms with Crippen LogP contribution >= 0.6 is 0 Å². The number of amides is 2. The summed E-state index contributed by atoms with van der Waals surface area (Å²) in [5, 5.41) is 5.61. The fraction of sp³-hybridized carbons (Fsp3) is 0.941. The summed E-state index contributed by atoms with van der Waals surface area (Å²) in [6.07, 6.45) is 16.3. The largest absolute Gasteiger partial charge is 0.338 e. The number of hydrogen-bond acceptors (Lipinski definition) is 1. The summed E-state index contributed by atoms with van der Waals surface area (Å²) in [6, 6.07) is -0.0319. The standard InChI is InChI=1S/C17H36N2O/c1-3-5-6-7-8-9-10-11-12-13-14-15-16-19-17(20)18-4-2/h3-16H2,1-2H3,(H2,18,19,20). The molecule has 0 bridgehead atoms. The molecule has 20 heavy (non-hydrogen) atoms. The summed E-state index contributed by atoms with van der Waals surface area (Å²) in [5.74, 6) is 0. The minimum Gasteiger partial charge on any atom is -0.338 e. The fourth-order valence-corrected chi connectivity index (χ4v) is 2.39. The Morgan fingerprint density at radius 3 is 1.55 bits per heavy atom. The van der Waals surface area contributed by atoms with Gasteiger partial charge in [0.1, 0.15) is 0 Å². The van der Waals surface area contributed by atoms with E-state index in [4.69, 9.17) is 0 Å². The molecule has 0 aromatic heterocycles. The van der Waals surface area contributed by atoms with Crippen LogP contribution in [0.5, 0.6) is 0 Å². The number of unbranched alkanes of at least 4 members (excludes halogenated alkanes) is 11. The minimum absolute atomic E-state index is 0.0319. The van der Waals surface area contributed by atoms with E-state index in [-0.39, 0.29) is 6.03 Å². The summed E-state index contributed by atoms with van der Waals surface area (Å²) in [7, 11) is 0. The molecule has 2 N–H and O–H groups in total. The lowest BCUT2D eigenvalue weighted by Crippen LogP contribution is -2.35. The lowest BCUT2D eigenvalue weighted by molar-refractivity contribution is 0.241. The van der Waals surface area contributed by atoms with Crippen molar-refractivity contribution in [3.8, 4) is 0 Å². The molecule has 3 nitrogen and oxygen atoms in total. The summed E-state index contributed by atoms with van der Waals surface area (Å²) >= 11 is 0. The van der Waals surface area contributed by atoms with E-state index < -0.39 is 0 Å².